The highest BCUT2D eigenvalue weighted by Gasteiger charge is 2.49. The van der Waals surface area contributed by atoms with Gasteiger partial charge in [0.15, 0.2) is 0 Å². The molecule has 4 aliphatic heterocycles. The largest absolute Gasteiger partial charge is 0.508 e. The minimum absolute atomic E-state index is 0.0196. The Morgan fingerprint density at radius 3 is 2.85 bits per heavy atom. The number of anilines is 2. The number of carbonyl (C=O) groups excluding carboxylic acids is 1. The smallest absolute Gasteiger partial charge is 0.318 e. The molecule has 0 bridgehead atoms. The number of alkyl halides is 1. The number of carbonyl (C=O) groups is 1. The van der Waals surface area contributed by atoms with Crippen LogP contribution in [0, 0.1) is 5.82 Å². The number of hydrogen-bond acceptors (Lipinski definition) is 8. The van der Waals surface area contributed by atoms with Gasteiger partial charge in [0.25, 0.3) is 5.91 Å². The Morgan fingerprint density at radius 1 is 1.22 bits per heavy atom. The van der Waals surface area contributed by atoms with Gasteiger partial charge in [-0.25, -0.2) is 8.78 Å². The molecule has 3 saturated heterocycles. The number of fused-ring (bicyclic) bond motifs is 3. The highest BCUT2D eigenvalue weighted by molar-refractivity contribution is 6.16. The predicted octanol–water partition coefficient (Wildman–Crippen LogP) is 3.69. The molecular weight excluding hydrogens is 530 g/mol. The van der Waals surface area contributed by atoms with Gasteiger partial charge in [0.1, 0.15) is 35.7 Å². The molecular formula is C30H34F2N6O3. The summed E-state index contributed by atoms with van der Waals surface area (Å²) in [7, 11) is 0. The van der Waals surface area contributed by atoms with E-state index in [4.69, 9.17) is 15.5 Å². The average molecular weight is 565 g/mol. The van der Waals surface area contributed by atoms with Gasteiger partial charge in [-0.15, -0.1) is 0 Å². The van der Waals surface area contributed by atoms with E-state index in [1.807, 2.05) is 11.8 Å². The zero-order chi connectivity index (χ0) is 28.5. The van der Waals surface area contributed by atoms with Crippen molar-refractivity contribution < 1.29 is 23.4 Å². The number of phenolic OH excluding ortho intramolecular Hbond substituents is 1. The molecule has 0 saturated carbocycles. The molecule has 3 N–H and O–H groups in total. The first-order valence-electron chi connectivity index (χ1n) is 14.5. The Balaban J connectivity index is 1.28. The minimum atomic E-state index is -0.873. The molecule has 3 atom stereocenters. The van der Waals surface area contributed by atoms with Crippen LogP contribution in [0.15, 0.2) is 24.3 Å². The maximum absolute atomic E-state index is 14.9. The molecule has 3 aromatic rings. The molecule has 0 radical (unpaired) electrons. The van der Waals surface area contributed by atoms with Gasteiger partial charge < -0.3 is 25.4 Å². The molecule has 2 aromatic carbocycles. The number of ether oxygens (including phenoxy) is 1. The zero-order valence-corrected chi connectivity index (χ0v) is 23.1. The molecule has 7 rings (SSSR count). The van der Waals surface area contributed by atoms with Crippen LogP contribution in [-0.4, -0.2) is 76.4 Å². The predicted molar refractivity (Wildman–Crippen MR) is 151 cm³/mol. The van der Waals surface area contributed by atoms with Gasteiger partial charge >= 0.3 is 6.01 Å². The molecule has 0 aliphatic carbocycles. The summed E-state index contributed by atoms with van der Waals surface area (Å²) < 4.78 is 35.4. The van der Waals surface area contributed by atoms with Crippen LogP contribution in [0.5, 0.6) is 11.8 Å². The zero-order valence-electron chi connectivity index (χ0n) is 23.1. The van der Waals surface area contributed by atoms with Crippen LogP contribution in [-0.2, 0) is 13.0 Å². The van der Waals surface area contributed by atoms with Crippen molar-refractivity contribution >= 4 is 28.2 Å². The fraction of sp³-hybridized carbons (Fsp3) is 0.500. The molecule has 3 fully saturated rings. The third kappa shape index (κ3) is 4.28. The molecule has 1 aromatic heterocycles. The summed E-state index contributed by atoms with van der Waals surface area (Å²) in [5, 5.41) is 11.8. The maximum Gasteiger partial charge on any atom is 0.318 e. The van der Waals surface area contributed by atoms with Crippen molar-refractivity contribution in [1.82, 2.24) is 14.9 Å². The van der Waals surface area contributed by atoms with E-state index in [2.05, 4.69) is 9.88 Å². The number of halogens is 2. The van der Waals surface area contributed by atoms with E-state index in [1.54, 1.807) is 12.1 Å². The lowest BCUT2D eigenvalue weighted by atomic mass is 9.95. The van der Waals surface area contributed by atoms with Gasteiger partial charge in [0, 0.05) is 43.5 Å². The minimum Gasteiger partial charge on any atom is -0.508 e. The van der Waals surface area contributed by atoms with Crippen molar-refractivity contribution in [2.75, 3.05) is 42.6 Å². The lowest BCUT2D eigenvalue weighted by Crippen LogP contribution is -2.43. The summed E-state index contributed by atoms with van der Waals surface area (Å²) in [4.78, 5) is 29.2. The molecule has 216 valence electrons. The van der Waals surface area contributed by atoms with Crippen molar-refractivity contribution in [2.45, 2.75) is 63.3 Å². The Bertz CT molecular complexity index is 1550. The second-order valence-electron chi connectivity index (χ2n) is 11.8. The first kappa shape index (κ1) is 26.3. The van der Waals surface area contributed by atoms with Crippen molar-refractivity contribution in [1.29, 1.82) is 0 Å². The van der Waals surface area contributed by atoms with Crippen LogP contribution in [0.1, 0.15) is 54.2 Å². The van der Waals surface area contributed by atoms with Gasteiger partial charge in [0.05, 0.1) is 23.5 Å². The van der Waals surface area contributed by atoms with E-state index in [1.165, 1.54) is 17.0 Å². The fourth-order valence-corrected chi connectivity index (χ4v) is 7.31. The summed E-state index contributed by atoms with van der Waals surface area (Å²) in [6, 6.07) is 6.18. The van der Waals surface area contributed by atoms with Crippen molar-refractivity contribution in [3.05, 3.63) is 46.9 Å². The van der Waals surface area contributed by atoms with Crippen LogP contribution < -0.4 is 20.3 Å². The topological polar surface area (TPSA) is 108 Å². The van der Waals surface area contributed by atoms with E-state index >= 15 is 0 Å². The molecule has 41 heavy (non-hydrogen) atoms. The van der Waals surface area contributed by atoms with Gasteiger partial charge in [0.2, 0.25) is 0 Å². The number of hydrogen-bond donors (Lipinski definition) is 2. The number of aromatic hydroxyl groups is 1. The highest BCUT2D eigenvalue weighted by atomic mass is 19.1. The first-order valence-corrected chi connectivity index (χ1v) is 14.5. The maximum atomic E-state index is 14.9. The average Bonchev–Trinajstić information content (AvgIpc) is 3.69. The van der Waals surface area contributed by atoms with Gasteiger partial charge in [-0.3, -0.25) is 9.69 Å². The number of benzene rings is 2. The highest BCUT2D eigenvalue weighted by Crippen LogP contribution is 2.43. The van der Waals surface area contributed by atoms with Gasteiger partial charge in [-0.05, 0) is 55.3 Å². The second-order valence-corrected chi connectivity index (χ2v) is 11.8. The van der Waals surface area contributed by atoms with E-state index in [-0.39, 0.29) is 48.2 Å². The summed E-state index contributed by atoms with van der Waals surface area (Å²) in [6.45, 7) is 4.71. The SMILES string of the molecule is CCc1c(F)ccc2cc(O)cc(N3Cc4nc(OC[C@@]56CCCN5C[C@H](F)C6)nc(N5CCC(N)C5)c4C3=O)c12. The van der Waals surface area contributed by atoms with Crippen molar-refractivity contribution in [3.8, 4) is 11.8 Å². The number of rotatable bonds is 6. The number of phenols is 1. The third-order valence-corrected chi connectivity index (χ3v) is 9.24. The Morgan fingerprint density at radius 2 is 2.07 bits per heavy atom. The van der Waals surface area contributed by atoms with Crippen LogP contribution in [0.3, 0.4) is 0 Å². The standard InChI is InChI=1S/C30H34F2N6O3/c1-2-21-22(32)5-4-17-10-20(39)11-24(25(17)21)38-15-23-26(28(38)40)27(36-9-6-19(33)14-36)35-29(34-23)41-16-30-7-3-8-37(30)13-18(31)12-30/h4-5,10-11,18-19,39H,2-3,6-9,12-16,33H2,1H3/t18-,19?,30+/m1/s1. The number of nitrogens with two attached hydrogens (primary N) is 1. The van der Waals surface area contributed by atoms with Gasteiger partial charge in [-0.1, -0.05) is 13.0 Å². The van der Waals surface area contributed by atoms with Crippen molar-refractivity contribution in [3.63, 3.8) is 0 Å². The van der Waals surface area contributed by atoms with E-state index in [0.717, 1.165) is 25.8 Å². The second kappa shape index (κ2) is 9.77. The summed E-state index contributed by atoms with van der Waals surface area (Å²) in [6.07, 6.45) is 2.60. The summed E-state index contributed by atoms with van der Waals surface area (Å²) >= 11 is 0. The molecule has 0 spiro atoms. The number of amides is 1. The van der Waals surface area contributed by atoms with Gasteiger partial charge in [-0.2, -0.15) is 9.97 Å². The van der Waals surface area contributed by atoms with Crippen LogP contribution >= 0.6 is 0 Å². The van der Waals surface area contributed by atoms with E-state index in [0.29, 0.717) is 71.6 Å². The van der Waals surface area contributed by atoms with E-state index < -0.39 is 6.17 Å². The molecule has 4 aliphatic rings. The molecule has 1 amide bonds. The lowest BCUT2D eigenvalue weighted by molar-refractivity contribution is 0.0996. The van der Waals surface area contributed by atoms with Crippen molar-refractivity contribution in [2.24, 2.45) is 5.73 Å². The number of aromatic nitrogens is 2. The fourth-order valence-electron chi connectivity index (χ4n) is 7.31. The molecule has 5 heterocycles. The Labute approximate surface area is 236 Å². The summed E-state index contributed by atoms with van der Waals surface area (Å²) in [5.41, 5.74) is 7.62. The monoisotopic (exact) mass is 564 g/mol. The Hall–Kier alpha value is -3.57. The van der Waals surface area contributed by atoms with Crippen LogP contribution in [0.2, 0.25) is 0 Å². The first-order chi connectivity index (χ1) is 19.8. The number of nitrogens with zero attached hydrogens (tertiary/aromatic N) is 5. The van der Waals surface area contributed by atoms with E-state index in [9.17, 15) is 18.7 Å². The third-order valence-electron chi connectivity index (χ3n) is 9.24. The Kier molecular flexibility index (Phi) is 6.27. The molecule has 11 heteroatoms. The number of aryl methyl sites for hydroxylation is 1. The normalized spacial score (nSPS) is 25.9. The van der Waals surface area contributed by atoms with Crippen LogP contribution in [0.25, 0.3) is 10.8 Å². The van der Waals surface area contributed by atoms with Crippen LogP contribution in [0.4, 0.5) is 20.3 Å². The lowest BCUT2D eigenvalue weighted by Gasteiger charge is -2.31. The molecule has 1 unspecified atom stereocenters. The quantitative estimate of drug-likeness (QED) is 0.467. The molecule has 9 nitrogen and oxygen atoms in total. The summed E-state index contributed by atoms with van der Waals surface area (Å²) in [5.74, 6) is -0.237.